The van der Waals surface area contributed by atoms with Crippen molar-refractivity contribution in [1.82, 2.24) is 4.90 Å². The lowest BCUT2D eigenvalue weighted by atomic mass is 10.2. The monoisotopic (exact) mass is 262 g/mol. The number of carbonyl (C=O) groups is 1. The lowest BCUT2D eigenvalue weighted by Crippen LogP contribution is -2.52. The number of nitrogens with zero attached hydrogens (tertiary/aromatic N) is 2. The standard InChI is InChI=1S/C14H18N2OS/c1-2-3-10-15-11-9-13(17)16(14(15)18)12-7-5-4-6-8-12/h4-8H,2-3,9-11H2,1H3. The van der Waals surface area contributed by atoms with E-state index in [-0.39, 0.29) is 5.91 Å². The number of hydrogen-bond acceptors (Lipinski definition) is 2. The van der Waals surface area contributed by atoms with Crippen molar-refractivity contribution in [2.75, 3.05) is 18.0 Å². The first-order valence-electron chi connectivity index (χ1n) is 6.41. The topological polar surface area (TPSA) is 23.6 Å². The molecule has 1 heterocycles. The minimum absolute atomic E-state index is 0.0962. The molecular formula is C14H18N2OS. The summed E-state index contributed by atoms with van der Waals surface area (Å²) < 4.78 is 0. The van der Waals surface area contributed by atoms with Gasteiger partial charge >= 0.3 is 0 Å². The van der Waals surface area contributed by atoms with Crippen LogP contribution in [0.3, 0.4) is 0 Å². The SMILES string of the molecule is CCCCN1CCC(=O)N(c2ccccc2)C1=S. The summed E-state index contributed by atoms with van der Waals surface area (Å²) >= 11 is 5.45. The summed E-state index contributed by atoms with van der Waals surface area (Å²) in [6, 6.07) is 9.64. The molecule has 0 aromatic heterocycles. The second-order valence-corrected chi connectivity index (χ2v) is 4.80. The van der Waals surface area contributed by atoms with Crippen LogP contribution in [0.1, 0.15) is 26.2 Å². The molecule has 3 nitrogen and oxygen atoms in total. The normalized spacial score (nSPS) is 16.3. The molecule has 1 aromatic rings. The van der Waals surface area contributed by atoms with Crippen molar-refractivity contribution in [3.05, 3.63) is 30.3 Å². The van der Waals surface area contributed by atoms with Crippen molar-refractivity contribution in [2.45, 2.75) is 26.2 Å². The third-order valence-electron chi connectivity index (χ3n) is 3.10. The van der Waals surface area contributed by atoms with Crippen molar-refractivity contribution < 1.29 is 4.79 Å². The summed E-state index contributed by atoms with van der Waals surface area (Å²) in [4.78, 5) is 15.8. The van der Waals surface area contributed by atoms with Gasteiger partial charge in [0.05, 0.1) is 5.69 Å². The Balaban J connectivity index is 2.17. The number of para-hydroxylation sites is 1. The van der Waals surface area contributed by atoms with Crippen molar-refractivity contribution in [3.8, 4) is 0 Å². The Kier molecular flexibility index (Phi) is 4.31. The fourth-order valence-electron chi connectivity index (χ4n) is 2.07. The van der Waals surface area contributed by atoms with Gasteiger partial charge in [0, 0.05) is 19.5 Å². The summed E-state index contributed by atoms with van der Waals surface area (Å²) in [6.45, 7) is 3.85. The second-order valence-electron chi connectivity index (χ2n) is 4.44. The van der Waals surface area contributed by atoms with Crippen LogP contribution in [0.2, 0.25) is 0 Å². The number of amides is 1. The van der Waals surface area contributed by atoms with E-state index in [1.165, 1.54) is 0 Å². The van der Waals surface area contributed by atoms with E-state index in [1.807, 2.05) is 30.3 Å². The zero-order valence-corrected chi connectivity index (χ0v) is 11.4. The molecule has 96 valence electrons. The third kappa shape index (κ3) is 2.70. The number of anilines is 1. The molecule has 1 aliphatic heterocycles. The van der Waals surface area contributed by atoms with Crippen LogP contribution < -0.4 is 4.90 Å². The molecule has 0 radical (unpaired) electrons. The van der Waals surface area contributed by atoms with E-state index in [2.05, 4.69) is 11.8 Å². The van der Waals surface area contributed by atoms with E-state index in [0.29, 0.717) is 11.5 Å². The molecule has 4 heteroatoms. The molecular weight excluding hydrogens is 244 g/mol. The molecule has 18 heavy (non-hydrogen) atoms. The summed E-state index contributed by atoms with van der Waals surface area (Å²) in [5.74, 6) is 0.0962. The van der Waals surface area contributed by atoms with Crippen LogP contribution in [0.25, 0.3) is 0 Å². The highest BCUT2D eigenvalue weighted by Crippen LogP contribution is 2.21. The maximum absolute atomic E-state index is 12.0. The van der Waals surface area contributed by atoms with Crippen LogP contribution in [-0.4, -0.2) is 29.0 Å². The van der Waals surface area contributed by atoms with Gasteiger partial charge < -0.3 is 4.90 Å². The van der Waals surface area contributed by atoms with Crippen molar-refractivity contribution in [2.24, 2.45) is 0 Å². The number of rotatable bonds is 4. The molecule has 1 fully saturated rings. The number of hydrogen-bond donors (Lipinski definition) is 0. The molecule has 1 aliphatic rings. The van der Waals surface area contributed by atoms with Gasteiger partial charge in [0.1, 0.15) is 0 Å². The zero-order chi connectivity index (χ0) is 13.0. The lowest BCUT2D eigenvalue weighted by molar-refractivity contribution is -0.118. The maximum atomic E-state index is 12.0. The fraction of sp³-hybridized carbons (Fsp3) is 0.429. The van der Waals surface area contributed by atoms with Crippen molar-refractivity contribution in [3.63, 3.8) is 0 Å². The van der Waals surface area contributed by atoms with Gasteiger partial charge in [-0.25, -0.2) is 0 Å². The van der Waals surface area contributed by atoms with Crippen molar-refractivity contribution >= 4 is 28.9 Å². The predicted molar refractivity (Wildman–Crippen MR) is 77.6 cm³/mol. The van der Waals surface area contributed by atoms with Gasteiger partial charge in [0.2, 0.25) is 5.91 Å². The lowest BCUT2D eigenvalue weighted by Gasteiger charge is -2.37. The van der Waals surface area contributed by atoms with Crippen LogP contribution >= 0.6 is 12.2 Å². The first-order valence-corrected chi connectivity index (χ1v) is 6.81. The Hall–Kier alpha value is -1.42. The second kappa shape index (κ2) is 5.96. The van der Waals surface area contributed by atoms with E-state index in [9.17, 15) is 4.79 Å². The molecule has 0 saturated carbocycles. The van der Waals surface area contributed by atoms with Gasteiger partial charge in [0.15, 0.2) is 5.11 Å². The van der Waals surface area contributed by atoms with E-state index in [1.54, 1.807) is 4.90 Å². The first kappa shape index (κ1) is 13.0. The zero-order valence-electron chi connectivity index (χ0n) is 10.6. The molecule has 2 rings (SSSR count). The molecule has 1 amide bonds. The summed E-state index contributed by atoms with van der Waals surface area (Å²) in [7, 11) is 0. The smallest absolute Gasteiger partial charge is 0.235 e. The number of unbranched alkanes of at least 4 members (excludes halogenated alkanes) is 1. The van der Waals surface area contributed by atoms with Gasteiger partial charge in [-0.05, 0) is 30.8 Å². The average Bonchev–Trinajstić information content (AvgIpc) is 2.39. The minimum Gasteiger partial charge on any atom is -0.348 e. The Bertz CT molecular complexity index is 433. The quantitative estimate of drug-likeness (QED) is 0.780. The average molecular weight is 262 g/mol. The van der Waals surface area contributed by atoms with Gasteiger partial charge in [0.25, 0.3) is 0 Å². The summed E-state index contributed by atoms with van der Waals surface area (Å²) in [5.41, 5.74) is 0.869. The Morgan fingerprint density at radius 3 is 2.67 bits per heavy atom. The summed E-state index contributed by atoms with van der Waals surface area (Å²) in [6.07, 6.45) is 2.79. The largest absolute Gasteiger partial charge is 0.348 e. The van der Waals surface area contributed by atoms with Crippen molar-refractivity contribution in [1.29, 1.82) is 0 Å². The van der Waals surface area contributed by atoms with Crippen LogP contribution in [0.4, 0.5) is 5.69 Å². The van der Waals surface area contributed by atoms with Gasteiger partial charge in [-0.15, -0.1) is 0 Å². The first-order chi connectivity index (χ1) is 8.74. The van der Waals surface area contributed by atoms with Crippen LogP contribution in [0.5, 0.6) is 0 Å². The van der Waals surface area contributed by atoms with Crippen LogP contribution in [0, 0.1) is 0 Å². The van der Waals surface area contributed by atoms with Gasteiger partial charge in [-0.1, -0.05) is 31.5 Å². The Morgan fingerprint density at radius 1 is 1.28 bits per heavy atom. The van der Waals surface area contributed by atoms with Crippen LogP contribution in [-0.2, 0) is 4.79 Å². The van der Waals surface area contributed by atoms with E-state index in [4.69, 9.17) is 12.2 Å². The highest BCUT2D eigenvalue weighted by atomic mass is 32.1. The number of thiocarbonyl (C=S) groups is 1. The number of carbonyl (C=O) groups excluding carboxylic acids is 1. The van der Waals surface area contributed by atoms with E-state index in [0.717, 1.165) is 31.6 Å². The molecule has 0 spiro atoms. The number of benzene rings is 1. The predicted octanol–water partition coefficient (Wildman–Crippen LogP) is 2.81. The van der Waals surface area contributed by atoms with Gasteiger partial charge in [-0.3, -0.25) is 9.69 Å². The van der Waals surface area contributed by atoms with Gasteiger partial charge in [-0.2, -0.15) is 0 Å². The molecule has 0 atom stereocenters. The molecule has 0 aliphatic carbocycles. The van der Waals surface area contributed by atoms with E-state index < -0.39 is 0 Å². The third-order valence-corrected chi connectivity index (χ3v) is 3.54. The summed E-state index contributed by atoms with van der Waals surface area (Å²) in [5, 5.41) is 0.644. The maximum Gasteiger partial charge on any atom is 0.235 e. The molecule has 0 unspecified atom stereocenters. The Labute approximate surface area is 113 Å². The minimum atomic E-state index is 0.0962. The fourth-order valence-corrected chi connectivity index (χ4v) is 2.46. The Morgan fingerprint density at radius 2 is 2.00 bits per heavy atom. The highest BCUT2D eigenvalue weighted by Gasteiger charge is 2.29. The van der Waals surface area contributed by atoms with E-state index >= 15 is 0 Å². The molecule has 0 bridgehead atoms. The molecule has 0 N–H and O–H groups in total. The van der Waals surface area contributed by atoms with Crippen LogP contribution in [0.15, 0.2) is 30.3 Å². The molecule has 1 aromatic carbocycles. The molecule has 1 saturated heterocycles. The highest BCUT2D eigenvalue weighted by molar-refractivity contribution is 7.80.